The number of carbonyl (C=O) groups is 1. The minimum atomic E-state index is -0.217. The summed E-state index contributed by atoms with van der Waals surface area (Å²) in [5.74, 6) is -0.217. The highest BCUT2D eigenvalue weighted by Crippen LogP contribution is 2.23. The standard InChI is InChI=1S/C20H20ClN3O/c1-13-8-9-15(10-14(13)2)19-11-18(23-24(19)3)20(25)22-12-16-6-4-5-7-17(16)21/h4-11H,12H2,1-3H3,(H,22,25). The van der Waals surface area contributed by atoms with Crippen LogP contribution in [-0.2, 0) is 13.6 Å². The first-order valence-electron chi connectivity index (χ1n) is 8.09. The molecule has 5 heteroatoms. The van der Waals surface area contributed by atoms with E-state index >= 15 is 0 Å². The summed E-state index contributed by atoms with van der Waals surface area (Å²) in [6.45, 7) is 4.52. The SMILES string of the molecule is Cc1ccc(-c2cc(C(=O)NCc3ccccc3Cl)nn2C)cc1C. The van der Waals surface area contributed by atoms with Crippen LogP contribution in [0, 0.1) is 13.8 Å². The van der Waals surface area contributed by atoms with Crippen LogP contribution in [-0.4, -0.2) is 15.7 Å². The van der Waals surface area contributed by atoms with E-state index in [-0.39, 0.29) is 5.91 Å². The molecule has 0 unspecified atom stereocenters. The number of nitrogens with one attached hydrogen (secondary N) is 1. The van der Waals surface area contributed by atoms with Crippen molar-refractivity contribution in [3.63, 3.8) is 0 Å². The fraction of sp³-hybridized carbons (Fsp3) is 0.200. The van der Waals surface area contributed by atoms with Gasteiger partial charge < -0.3 is 5.32 Å². The van der Waals surface area contributed by atoms with Gasteiger partial charge in [0.05, 0.1) is 5.69 Å². The predicted octanol–water partition coefficient (Wildman–Crippen LogP) is 4.29. The molecule has 25 heavy (non-hydrogen) atoms. The maximum atomic E-state index is 12.4. The Morgan fingerprint density at radius 1 is 1.12 bits per heavy atom. The van der Waals surface area contributed by atoms with Crippen LogP contribution >= 0.6 is 11.6 Å². The second kappa shape index (κ2) is 7.11. The molecule has 0 spiro atoms. The van der Waals surface area contributed by atoms with Crippen LogP contribution in [0.25, 0.3) is 11.3 Å². The van der Waals surface area contributed by atoms with Crippen LogP contribution in [0.2, 0.25) is 5.02 Å². The van der Waals surface area contributed by atoms with Gasteiger partial charge in [-0.2, -0.15) is 5.10 Å². The van der Waals surface area contributed by atoms with E-state index in [1.54, 1.807) is 4.68 Å². The molecule has 128 valence electrons. The molecule has 0 bridgehead atoms. The van der Waals surface area contributed by atoms with Gasteiger partial charge in [0.2, 0.25) is 0 Å². The third-order valence-electron chi connectivity index (χ3n) is 4.31. The van der Waals surface area contributed by atoms with Crippen molar-refractivity contribution in [2.24, 2.45) is 7.05 Å². The van der Waals surface area contributed by atoms with E-state index in [9.17, 15) is 4.79 Å². The van der Waals surface area contributed by atoms with Crippen LogP contribution in [0.5, 0.6) is 0 Å². The van der Waals surface area contributed by atoms with Gasteiger partial charge in [0.1, 0.15) is 0 Å². The van der Waals surface area contributed by atoms with Crippen LogP contribution < -0.4 is 5.32 Å². The summed E-state index contributed by atoms with van der Waals surface area (Å²) in [5.41, 5.74) is 5.67. The predicted molar refractivity (Wildman–Crippen MR) is 101 cm³/mol. The lowest BCUT2D eigenvalue weighted by molar-refractivity contribution is 0.0945. The minimum Gasteiger partial charge on any atom is -0.347 e. The van der Waals surface area contributed by atoms with E-state index in [0.717, 1.165) is 16.8 Å². The molecular formula is C20H20ClN3O. The number of nitrogens with zero attached hydrogens (tertiary/aromatic N) is 2. The van der Waals surface area contributed by atoms with Crippen LogP contribution in [0.1, 0.15) is 27.2 Å². The van der Waals surface area contributed by atoms with E-state index < -0.39 is 0 Å². The van der Waals surface area contributed by atoms with Gasteiger partial charge in [-0.15, -0.1) is 0 Å². The Hall–Kier alpha value is -2.59. The monoisotopic (exact) mass is 353 g/mol. The highest BCUT2D eigenvalue weighted by molar-refractivity contribution is 6.31. The molecule has 0 fully saturated rings. The van der Waals surface area contributed by atoms with Crippen molar-refractivity contribution in [2.75, 3.05) is 0 Å². The number of amides is 1. The molecule has 0 saturated heterocycles. The summed E-state index contributed by atoms with van der Waals surface area (Å²) in [6, 6.07) is 15.5. The normalized spacial score (nSPS) is 10.7. The third-order valence-corrected chi connectivity index (χ3v) is 4.68. The number of carbonyl (C=O) groups excluding carboxylic acids is 1. The fourth-order valence-corrected chi connectivity index (χ4v) is 2.86. The van der Waals surface area contributed by atoms with Gasteiger partial charge in [-0.25, -0.2) is 0 Å². The first-order chi connectivity index (χ1) is 12.0. The molecule has 4 nitrogen and oxygen atoms in total. The molecule has 0 radical (unpaired) electrons. The molecule has 1 amide bonds. The first kappa shape index (κ1) is 17.2. The highest BCUT2D eigenvalue weighted by Gasteiger charge is 2.14. The Balaban J connectivity index is 1.78. The van der Waals surface area contributed by atoms with Crippen molar-refractivity contribution in [2.45, 2.75) is 20.4 Å². The summed E-state index contributed by atoms with van der Waals surface area (Å²) in [7, 11) is 1.84. The maximum Gasteiger partial charge on any atom is 0.272 e. The zero-order chi connectivity index (χ0) is 18.0. The van der Waals surface area contributed by atoms with E-state index in [1.807, 2.05) is 43.4 Å². The first-order valence-corrected chi connectivity index (χ1v) is 8.47. The number of aromatic nitrogens is 2. The molecule has 1 aromatic heterocycles. The quantitative estimate of drug-likeness (QED) is 0.760. The maximum absolute atomic E-state index is 12.4. The Bertz CT molecular complexity index is 930. The van der Waals surface area contributed by atoms with Crippen molar-refractivity contribution < 1.29 is 4.79 Å². The number of hydrogen-bond acceptors (Lipinski definition) is 2. The second-order valence-corrected chi connectivity index (χ2v) is 6.52. The Morgan fingerprint density at radius 2 is 1.88 bits per heavy atom. The Labute approximate surface area is 152 Å². The van der Waals surface area contributed by atoms with Crippen molar-refractivity contribution in [3.05, 3.63) is 75.9 Å². The summed E-state index contributed by atoms with van der Waals surface area (Å²) >= 11 is 6.12. The molecule has 0 atom stereocenters. The topological polar surface area (TPSA) is 46.9 Å². The molecular weight excluding hydrogens is 334 g/mol. The van der Waals surface area contributed by atoms with Crippen molar-refractivity contribution in [1.29, 1.82) is 0 Å². The minimum absolute atomic E-state index is 0.217. The molecule has 0 aliphatic heterocycles. The van der Waals surface area contributed by atoms with E-state index in [2.05, 4.69) is 36.4 Å². The van der Waals surface area contributed by atoms with Crippen LogP contribution in [0.15, 0.2) is 48.5 Å². The lowest BCUT2D eigenvalue weighted by Crippen LogP contribution is -2.23. The molecule has 0 aliphatic carbocycles. The molecule has 2 aromatic carbocycles. The van der Waals surface area contributed by atoms with E-state index in [4.69, 9.17) is 11.6 Å². The number of benzene rings is 2. The summed E-state index contributed by atoms with van der Waals surface area (Å²) in [6.07, 6.45) is 0. The lowest BCUT2D eigenvalue weighted by Gasteiger charge is -2.05. The van der Waals surface area contributed by atoms with Gasteiger partial charge in [-0.05, 0) is 48.7 Å². The Kier molecular flexibility index (Phi) is 4.91. The molecule has 3 rings (SSSR count). The summed E-state index contributed by atoms with van der Waals surface area (Å²) in [4.78, 5) is 12.4. The third kappa shape index (κ3) is 3.74. The molecule has 0 saturated carbocycles. The molecule has 0 aliphatic rings. The zero-order valence-corrected chi connectivity index (χ0v) is 15.3. The summed E-state index contributed by atoms with van der Waals surface area (Å²) < 4.78 is 1.73. The average Bonchev–Trinajstić information content (AvgIpc) is 2.98. The zero-order valence-electron chi connectivity index (χ0n) is 14.5. The average molecular weight is 354 g/mol. The van der Waals surface area contributed by atoms with Gasteiger partial charge in [0, 0.05) is 24.2 Å². The van der Waals surface area contributed by atoms with Crippen molar-refractivity contribution in [1.82, 2.24) is 15.1 Å². The van der Waals surface area contributed by atoms with Gasteiger partial charge in [0.25, 0.3) is 5.91 Å². The van der Waals surface area contributed by atoms with Gasteiger partial charge >= 0.3 is 0 Å². The lowest BCUT2D eigenvalue weighted by atomic mass is 10.0. The van der Waals surface area contributed by atoms with Crippen molar-refractivity contribution in [3.8, 4) is 11.3 Å². The van der Waals surface area contributed by atoms with Gasteiger partial charge in [-0.1, -0.05) is 41.9 Å². The molecule has 1 heterocycles. The number of aryl methyl sites for hydroxylation is 3. The summed E-state index contributed by atoms with van der Waals surface area (Å²) in [5, 5.41) is 7.85. The van der Waals surface area contributed by atoms with Gasteiger partial charge in [-0.3, -0.25) is 9.48 Å². The van der Waals surface area contributed by atoms with E-state index in [0.29, 0.717) is 17.3 Å². The molecule has 1 N–H and O–H groups in total. The smallest absolute Gasteiger partial charge is 0.272 e. The fourth-order valence-electron chi connectivity index (χ4n) is 2.66. The van der Waals surface area contributed by atoms with E-state index in [1.165, 1.54) is 11.1 Å². The van der Waals surface area contributed by atoms with Crippen LogP contribution in [0.4, 0.5) is 0 Å². The second-order valence-electron chi connectivity index (χ2n) is 6.11. The van der Waals surface area contributed by atoms with Crippen LogP contribution in [0.3, 0.4) is 0 Å². The van der Waals surface area contributed by atoms with Crippen molar-refractivity contribution >= 4 is 17.5 Å². The largest absolute Gasteiger partial charge is 0.347 e. The number of hydrogen-bond donors (Lipinski definition) is 1. The Morgan fingerprint density at radius 3 is 2.60 bits per heavy atom. The molecule has 3 aromatic rings. The highest BCUT2D eigenvalue weighted by atomic mass is 35.5. The number of rotatable bonds is 4. The number of halogens is 1. The van der Waals surface area contributed by atoms with Gasteiger partial charge in [0.15, 0.2) is 5.69 Å².